The third-order valence-electron chi connectivity index (χ3n) is 7.54. The number of rotatable bonds is 4. The Balaban J connectivity index is 1.48. The summed E-state index contributed by atoms with van der Waals surface area (Å²) in [6.45, 7) is 13.1. The highest BCUT2D eigenvalue weighted by Gasteiger charge is 2.28. The van der Waals surface area contributed by atoms with Crippen molar-refractivity contribution in [2.75, 3.05) is 41.4 Å². The standard InChI is InChI=1S/C32H37N3O4/c1-20-19-34(14-15-39-20)29-17-24(32(3,4)5)7-10-26(29)22-6-9-27-23(16-22)12-13-35(31(27)38)25-8-11-30(37)28(18-25)33-21(2)36/h6-11,16-18,20,37H,12-15,19H2,1-5H3,(H,33,36)/t20-/m1/s1. The van der Waals surface area contributed by atoms with Gasteiger partial charge in [-0.25, -0.2) is 0 Å². The molecule has 39 heavy (non-hydrogen) atoms. The molecule has 2 aliphatic rings. The van der Waals surface area contributed by atoms with Crippen molar-refractivity contribution in [3.05, 3.63) is 71.3 Å². The fraction of sp³-hybridized carbons (Fsp3) is 0.375. The molecule has 1 fully saturated rings. The number of hydrogen-bond acceptors (Lipinski definition) is 5. The van der Waals surface area contributed by atoms with Crippen molar-refractivity contribution in [2.45, 2.75) is 52.6 Å². The summed E-state index contributed by atoms with van der Waals surface area (Å²) < 4.78 is 5.82. The smallest absolute Gasteiger partial charge is 0.258 e. The predicted octanol–water partition coefficient (Wildman–Crippen LogP) is 5.74. The summed E-state index contributed by atoms with van der Waals surface area (Å²) in [7, 11) is 0. The lowest BCUT2D eigenvalue weighted by molar-refractivity contribution is -0.114. The summed E-state index contributed by atoms with van der Waals surface area (Å²) in [5, 5.41) is 12.7. The van der Waals surface area contributed by atoms with E-state index < -0.39 is 0 Å². The van der Waals surface area contributed by atoms with Crippen LogP contribution in [0.5, 0.6) is 5.75 Å². The summed E-state index contributed by atoms with van der Waals surface area (Å²) in [4.78, 5) is 29.2. The third-order valence-corrected chi connectivity index (χ3v) is 7.54. The minimum absolute atomic E-state index is 0.0327. The largest absolute Gasteiger partial charge is 0.506 e. The molecule has 0 aliphatic carbocycles. The molecule has 2 N–H and O–H groups in total. The number of phenols is 1. The average molecular weight is 528 g/mol. The van der Waals surface area contributed by atoms with E-state index in [0.29, 0.717) is 30.8 Å². The van der Waals surface area contributed by atoms with Crippen LogP contribution < -0.4 is 15.1 Å². The van der Waals surface area contributed by atoms with Crippen LogP contribution in [0.2, 0.25) is 0 Å². The molecule has 1 atom stereocenters. The van der Waals surface area contributed by atoms with E-state index in [1.807, 2.05) is 12.1 Å². The van der Waals surface area contributed by atoms with Crippen LogP contribution in [0.3, 0.4) is 0 Å². The van der Waals surface area contributed by atoms with Crippen LogP contribution in [-0.2, 0) is 21.4 Å². The molecule has 3 aromatic rings. The highest BCUT2D eigenvalue weighted by atomic mass is 16.5. The Morgan fingerprint density at radius 1 is 1.03 bits per heavy atom. The van der Waals surface area contributed by atoms with Gasteiger partial charge in [0.2, 0.25) is 5.91 Å². The monoisotopic (exact) mass is 527 g/mol. The molecule has 3 aromatic carbocycles. The van der Waals surface area contributed by atoms with Crippen molar-refractivity contribution in [1.82, 2.24) is 0 Å². The molecule has 7 nitrogen and oxygen atoms in total. The number of ether oxygens (including phenoxy) is 1. The summed E-state index contributed by atoms with van der Waals surface area (Å²) in [6.07, 6.45) is 0.873. The number of nitrogens with zero attached hydrogens (tertiary/aromatic N) is 2. The topological polar surface area (TPSA) is 82.1 Å². The number of fused-ring (bicyclic) bond motifs is 1. The molecule has 2 amide bonds. The minimum Gasteiger partial charge on any atom is -0.506 e. The lowest BCUT2D eigenvalue weighted by Gasteiger charge is -2.35. The van der Waals surface area contributed by atoms with Crippen LogP contribution in [0.1, 0.15) is 56.1 Å². The van der Waals surface area contributed by atoms with Gasteiger partial charge >= 0.3 is 0 Å². The Bertz CT molecular complexity index is 1430. The number of benzene rings is 3. The van der Waals surface area contributed by atoms with Gasteiger partial charge in [-0.2, -0.15) is 0 Å². The van der Waals surface area contributed by atoms with E-state index in [-0.39, 0.29) is 34.8 Å². The maximum Gasteiger partial charge on any atom is 0.258 e. The summed E-state index contributed by atoms with van der Waals surface area (Å²) in [6, 6.07) is 17.7. The van der Waals surface area contributed by atoms with Gasteiger partial charge in [0.1, 0.15) is 5.75 Å². The number of carbonyl (C=O) groups is 2. The molecule has 5 rings (SSSR count). The molecule has 2 aliphatic heterocycles. The van der Waals surface area contributed by atoms with Crippen molar-refractivity contribution in [2.24, 2.45) is 0 Å². The number of hydrogen-bond donors (Lipinski definition) is 2. The molecule has 2 heterocycles. The number of morpholine rings is 1. The highest BCUT2D eigenvalue weighted by molar-refractivity contribution is 6.09. The van der Waals surface area contributed by atoms with Crippen molar-refractivity contribution in [3.63, 3.8) is 0 Å². The van der Waals surface area contributed by atoms with Crippen LogP contribution in [0.4, 0.5) is 17.1 Å². The van der Waals surface area contributed by atoms with E-state index in [1.54, 1.807) is 17.0 Å². The Kier molecular flexibility index (Phi) is 7.12. The fourth-order valence-corrected chi connectivity index (χ4v) is 5.43. The summed E-state index contributed by atoms with van der Waals surface area (Å²) >= 11 is 0. The Hall–Kier alpha value is -3.84. The van der Waals surface area contributed by atoms with Crippen LogP contribution >= 0.6 is 0 Å². The summed E-state index contributed by atoms with van der Waals surface area (Å²) in [5.74, 6) is -0.411. The van der Waals surface area contributed by atoms with Gasteiger partial charge in [-0.3, -0.25) is 9.59 Å². The summed E-state index contributed by atoms with van der Waals surface area (Å²) in [5.41, 5.74) is 7.41. The number of carbonyl (C=O) groups excluding carboxylic acids is 2. The van der Waals surface area contributed by atoms with E-state index in [2.05, 4.69) is 62.2 Å². The van der Waals surface area contributed by atoms with Gasteiger partial charge in [0.15, 0.2) is 0 Å². The number of amides is 2. The van der Waals surface area contributed by atoms with Gasteiger partial charge in [-0.1, -0.05) is 45.0 Å². The van der Waals surface area contributed by atoms with E-state index in [4.69, 9.17) is 4.74 Å². The zero-order valence-corrected chi connectivity index (χ0v) is 23.4. The van der Waals surface area contributed by atoms with Gasteiger partial charge in [0.25, 0.3) is 5.91 Å². The molecule has 1 saturated heterocycles. The molecule has 0 aromatic heterocycles. The minimum atomic E-state index is -0.285. The molecular weight excluding hydrogens is 490 g/mol. The van der Waals surface area contributed by atoms with Gasteiger partial charge in [-0.15, -0.1) is 0 Å². The second-order valence-corrected chi connectivity index (χ2v) is 11.6. The molecule has 7 heteroatoms. The van der Waals surface area contributed by atoms with Crippen LogP contribution in [-0.4, -0.2) is 49.3 Å². The van der Waals surface area contributed by atoms with Crippen LogP contribution in [0.15, 0.2) is 54.6 Å². The van der Waals surface area contributed by atoms with Crippen molar-refractivity contribution in [1.29, 1.82) is 0 Å². The van der Waals surface area contributed by atoms with E-state index >= 15 is 0 Å². The van der Waals surface area contributed by atoms with Gasteiger partial charge in [-0.05, 0) is 65.8 Å². The van der Waals surface area contributed by atoms with E-state index in [9.17, 15) is 14.7 Å². The first-order valence-electron chi connectivity index (χ1n) is 13.6. The number of anilines is 3. The first-order chi connectivity index (χ1) is 18.5. The molecule has 0 unspecified atom stereocenters. The van der Waals surface area contributed by atoms with Gasteiger partial charge in [0, 0.05) is 49.1 Å². The number of aromatic hydroxyl groups is 1. The van der Waals surface area contributed by atoms with Gasteiger partial charge in [0.05, 0.1) is 18.4 Å². The Morgan fingerprint density at radius 2 is 1.79 bits per heavy atom. The molecule has 0 saturated carbocycles. The Labute approximate surface area is 230 Å². The maximum atomic E-state index is 13.5. The lowest BCUT2D eigenvalue weighted by atomic mass is 9.84. The van der Waals surface area contributed by atoms with Crippen LogP contribution in [0, 0.1) is 0 Å². The van der Waals surface area contributed by atoms with Crippen molar-refractivity contribution < 1.29 is 19.4 Å². The molecule has 0 spiro atoms. The SMILES string of the molecule is CC(=O)Nc1cc(N2CCc3cc(-c4ccc(C(C)(C)C)cc4N4CCO[C@H](C)C4)ccc3C2=O)ccc1O. The molecule has 0 bridgehead atoms. The average Bonchev–Trinajstić information content (AvgIpc) is 2.89. The van der Waals surface area contributed by atoms with Crippen molar-refractivity contribution >= 4 is 28.9 Å². The second kappa shape index (κ2) is 10.4. The quantitative estimate of drug-likeness (QED) is 0.423. The zero-order chi connectivity index (χ0) is 27.9. The van der Waals surface area contributed by atoms with E-state index in [1.165, 1.54) is 24.2 Å². The molecule has 204 valence electrons. The van der Waals surface area contributed by atoms with Crippen LogP contribution in [0.25, 0.3) is 11.1 Å². The first kappa shape index (κ1) is 26.8. The first-order valence-corrected chi connectivity index (χ1v) is 13.6. The maximum absolute atomic E-state index is 13.5. The highest BCUT2D eigenvalue weighted by Crippen LogP contribution is 2.38. The normalized spacial score (nSPS) is 17.7. The zero-order valence-electron chi connectivity index (χ0n) is 23.4. The third kappa shape index (κ3) is 5.50. The number of nitrogens with one attached hydrogen (secondary N) is 1. The van der Waals surface area contributed by atoms with Crippen molar-refractivity contribution in [3.8, 4) is 16.9 Å². The lowest BCUT2D eigenvalue weighted by Crippen LogP contribution is -2.41. The molecular formula is C32H37N3O4. The fourth-order valence-electron chi connectivity index (χ4n) is 5.43. The number of phenolic OH excluding ortho intramolecular Hbond substituents is 1. The van der Waals surface area contributed by atoms with E-state index in [0.717, 1.165) is 29.8 Å². The predicted molar refractivity (Wildman–Crippen MR) is 156 cm³/mol. The Morgan fingerprint density at radius 3 is 2.51 bits per heavy atom. The second-order valence-electron chi connectivity index (χ2n) is 11.6. The van der Waals surface area contributed by atoms with Gasteiger partial charge < -0.3 is 25.0 Å². The molecule has 0 radical (unpaired) electrons.